The van der Waals surface area contributed by atoms with Crippen molar-refractivity contribution in [1.82, 2.24) is 0 Å². The number of rotatable bonds is 18. The molecule has 0 aliphatic carbocycles. The fourth-order valence-corrected chi connectivity index (χ4v) is 13.5. The Bertz CT molecular complexity index is 423. The van der Waals surface area contributed by atoms with E-state index in [9.17, 15) is 0 Å². The Balaban J connectivity index is 6.16. The van der Waals surface area contributed by atoms with Crippen LogP contribution >= 0.6 is 0 Å². The lowest BCUT2D eigenvalue weighted by Gasteiger charge is -2.43. The van der Waals surface area contributed by atoms with Crippen molar-refractivity contribution in [2.75, 3.05) is 64.0 Å². The van der Waals surface area contributed by atoms with Crippen LogP contribution in [-0.2, 0) is 39.8 Å². The lowest BCUT2D eigenvalue weighted by Crippen LogP contribution is -2.51. The van der Waals surface area contributed by atoms with Gasteiger partial charge in [0.1, 0.15) is 0 Å². The van der Waals surface area contributed by atoms with Crippen molar-refractivity contribution in [3.05, 3.63) is 0 Å². The molecule has 13 heteroatoms. The Kier molecular flexibility index (Phi) is 14.4. The van der Waals surface area contributed by atoms with Gasteiger partial charge in [-0.3, -0.25) is 0 Å². The minimum Gasteiger partial charge on any atom is -0.377 e. The summed E-state index contributed by atoms with van der Waals surface area (Å²) in [6, 6.07) is 0. The maximum absolute atomic E-state index is 5.76. The summed E-state index contributed by atoms with van der Waals surface area (Å²) < 4.78 is 51.8. The van der Waals surface area contributed by atoms with E-state index < -0.39 is 26.4 Å². The first-order chi connectivity index (χ1) is 14.9. The van der Waals surface area contributed by atoms with Crippen LogP contribution in [0.3, 0.4) is 0 Å². The van der Waals surface area contributed by atoms with Gasteiger partial charge in [0.2, 0.25) is 0 Å². The Morgan fingerprint density at radius 1 is 0.469 bits per heavy atom. The van der Waals surface area contributed by atoms with Gasteiger partial charge in [0.25, 0.3) is 0 Å². The molecule has 0 aliphatic heterocycles. The van der Waals surface area contributed by atoms with E-state index in [2.05, 4.69) is 31.0 Å². The summed E-state index contributed by atoms with van der Waals surface area (Å²) in [5.41, 5.74) is 0.0189. The molecule has 0 spiro atoms. The van der Waals surface area contributed by atoms with Crippen LogP contribution in [0.1, 0.15) is 40.0 Å². The van der Waals surface area contributed by atoms with Crippen LogP contribution < -0.4 is 0 Å². The van der Waals surface area contributed by atoms with Crippen molar-refractivity contribution in [3.63, 3.8) is 0 Å². The predicted molar refractivity (Wildman–Crippen MR) is 131 cm³/mol. The molecule has 0 aromatic carbocycles. The Hall–Kier alpha value is 0.508. The van der Waals surface area contributed by atoms with Crippen LogP contribution in [-0.4, -0.2) is 101 Å². The molecule has 0 saturated carbocycles. The molecule has 9 nitrogen and oxygen atoms in total. The predicted octanol–water partition coefficient (Wildman–Crippen LogP) is 3.29. The van der Waals surface area contributed by atoms with E-state index in [4.69, 9.17) is 39.8 Å². The average Bonchev–Trinajstić information content (AvgIpc) is 2.78. The molecule has 0 amide bonds. The highest BCUT2D eigenvalue weighted by molar-refractivity contribution is 6.63. The first kappa shape index (κ1) is 32.5. The minimum atomic E-state index is -2.87. The third-order valence-corrected chi connectivity index (χ3v) is 16.4. The second-order valence-corrected chi connectivity index (χ2v) is 19.6. The summed E-state index contributed by atoms with van der Waals surface area (Å²) in [7, 11) is 10.2. The van der Waals surface area contributed by atoms with E-state index in [-0.39, 0.29) is 21.7 Å². The van der Waals surface area contributed by atoms with Gasteiger partial charge in [-0.05, 0) is 24.3 Å². The zero-order chi connectivity index (χ0) is 25.2. The van der Waals surface area contributed by atoms with E-state index in [0.717, 1.165) is 0 Å². The van der Waals surface area contributed by atoms with E-state index in [1.54, 1.807) is 64.0 Å². The average molecular weight is 530 g/mol. The van der Waals surface area contributed by atoms with Crippen molar-refractivity contribution in [2.24, 2.45) is 0 Å². The summed E-state index contributed by atoms with van der Waals surface area (Å²) in [4.78, 5) is 0. The van der Waals surface area contributed by atoms with E-state index in [0.29, 0.717) is 19.3 Å². The summed E-state index contributed by atoms with van der Waals surface area (Å²) in [6.07, 6.45) is 2.14. The van der Waals surface area contributed by atoms with Gasteiger partial charge >= 0.3 is 26.4 Å². The van der Waals surface area contributed by atoms with E-state index in [1.165, 1.54) is 0 Å². The van der Waals surface area contributed by atoms with Gasteiger partial charge in [-0.2, -0.15) is 0 Å². The van der Waals surface area contributed by atoms with Crippen molar-refractivity contribution in [2.45, 2.75) is 61.7 Å². The molecule has 3 unspecified atom stereocenters. The third-order valence-electron chi connectivity index (χ3n) is 6.46. The van der Waals surface area contributed by atoms with Crippen molar-refractivity contribution < 1.29 is 39.8 Å². The van der Waals surface area contributed by atoms with Crippen LogP contribution in [0.15, 0.2) is 0 Å². The standard InChI is InChI=1S/C19H45O9Si4/c1-16(30(20-4,21-5)22-6)13-19(29,14-17(2)31(23-7,24-8)25-9)15-18(3)32(26-10,27-11)28-12/h16-18H,13-15H2,1-12H3. The van der Waals surface area contributed by atoms with Gasteiger partial charge in [-0.1, -0.05) is 20.8 Å². The second-order valence-electron chi connectivity index (χ2n) is 8.24. The van der Waals surface area contributed by atoms with Gasteiger partial charge in [0, 0.05) is 90.9 Å². The molecule has 0 N–H and O–H groups in total. The summed E-state index contributed by atoms with van der Waals surface area (Å²) in [5, 5.41) is -0.381. The van der Waals surface area contributed by atoms with Crippen LogP contribution in [0, 0.1) is 0 Å². The molecule has 3 radical (unpaired) electrons. The van der Waals surface area contributed by atoms with Gasteiger partial charge < -0.3 is 39.8 Å². The molecular weight excluding hydrogens is 485 g/mol. The highest BCUT2D eigenvalue weighted by atomic mass is 28.4. The molecule has 0 heterocycles. The molecule has 0 rings (SSSR count). The first-order valence-electron chi connectivity index (χ1n) is 10.6. The maximum Gasteiger partial charge on any atom is 0.503 e. The fourth-order valence-electron chi connectivity index (χ4n) is 4.94. The monoisotopic (exact) mass is 529 g/mol. The molecule has 3 atom stereocenters. The SMILES string of the molecule is CO[Si](OC)(OC)C(C)CC([Si])(CC(C)[Si](OC)(OC)OC)CC(C)[Si](OC)(OC)OC. The largest absolute Gasteiger partial charge is 0.503 e. The Labute approximate surface area is 202 Å². The second kappa shape index (κ2) is 14.2. The number of hydrogen-bond acceptors (Lipinski definition) is 9. The Morgan fingerprint density at radius 3 is 0.750 bits per heavy atom. The van der Waals surface area contributed by atoms with Gasteiger partial charge in [0.05, 0.1) is 0 Å². The zero-order valence-electron chi connectivity index (χ0n) is 22.0. The van der Waals surface area contributed by atoms with Crippen LogP contribution in [0.5, 0.6) is 0 Å². The van der Waals surface area contributed by atoms with Crippen LogP contribution in [0.2, 0.25) is 21.7 Å². The highest BCUT2D eigenvalue weighted by Crippen LogP contribution is 2.52. The molecule has 0 aromatic rings. The third kappa shape index (κ3) is 7.26. The maximum atomic E-state index is 5.76. The van der Waals surface area contributed by atoms with Gasteiger partial charge in [-0.15, -0.1) is 0 Å². The molecular formula is C19H45O9Si4. The molecule has 0 bridgehead atoms. The topological polar surface area (TPSA) is 83.1 Å². The van der Waals surface area contributed by atoms with Crippen molar-refractivity contribution in [1.29, 1.82) is 0 Å². The van der Waals surface area contributed by atoms with E-state index in [1.807, 2.05) is 0 Å². The first-order valence-corrected chi connectivity index (χ1v) is 16.6. The van der Waals surface area contributed by atoms with Gasteiger partial charge in [0.15, 0.2) is 0 Å². The summed E-state index contributed by atoms with van der Waals surface area (Å²) >= 11 is 0. The van der Waals surface area contributed by atoms with Gasteiger partial charge in [-0.25, -0.2) is 0 Å². The van der Waals surface area contributed by atoms with E-state index >= 15 is 0 Å². The minimum absolute atomic E-state index is 0.00630. The smallest absolute Gasteiger partial charge is 0.377 e. The lowest BCUT2D eigenvalue weighted by molar-refractivity contribution is 0.0984. The molecule has 0 aromatic heterocycles. The highest BCUT2D eigenvalue weighted by Gasteiger charge is 2.53. The van der Waals surface area contributed by atoms with Crippen molar-refractivity contribution in [3.8, 4) is 0 Å². The zero-order valence-corrected chi connectivity index (χ0v) is 26.0. The molecule has 191 valence electrons. The normalized spacial score (nSPS) is 18.3. The Morgan fingerprint density at radius 2 is 0.625 bits per heavy atom. The van der Waals surface area contributed by atoms with Crippen LogP contribution in [0.25, 0.3) is 0 Å². The van der Waals surface area contributed by atoms with Crippen molar-refractivity contribution >= 4 is 36.7 Å². The summed E-state index contributed by atoms with van der Waals surface area (Å²) in [5.74, 6) is 0. The molecule has 0 saturated heterocycles. The quantitative estimate of drug-likeness (QED) is 0.248. The summed E-state index contributed by atoms with van der Waals surface area (Å²) in [6.45, 7) is 6.27. The fraction of sp³-hybridized carbons (Fsp3) is 1.00. The van der Waals surface area contributed by atoms with Crippen LogP contribution in [0.4, 0.5) is 0 Å². The molecule has 0 aliphatic rings. The molecule has 32 heavy (non-hydrogen) atoms. The number of hydrogen-bond donors (Lipinski definition) is 0. The molecule has 0 fully saturated rings. The lowest BCUT2D eigenvalue weighted by atomic mass is 9.91.